The van der Waals surface area contributed by atoms with Crippen molar-refractivity contribution in [3.8, 4) is 0 Å². The summed E-state index contributed by atoms with van der Waals surface area (Å²) in [6, 6.07) is 3.29. The molecule has 0 amide bonds. The molecule has 2 N–H and O–H groups in total. The summed E-state index contributed by atoms with van der Waals surface area (Å²) in [5.74, 6) is -0.266. The first-order valence-electron chi connectivity index (χ1n) is 5.36. The smallest absolute Gasteiger partial charge is 0.148 e. The number of aryl methyl sites for hydroxylation is 1. The lowest BCUT2D eigenvalue weighted by atomic mass is 9.97. The van der Waals surface area contributed by atoms with Crippen LogP contribution in [0.1, 0.15) is 26.3 Å². The molecule has 0 bridgehead atoms. The van der Waals surface area contributed by atoms with Gasteiger partial charge in [0.25, 0.3) is 0 Å². The summed E-state index contributed by atoms with van der Waals surface area (Å²) in [7, 11) is 0. The summed E-state index contributed by atoms with van der Waals surface area (Å²) in [6.45, 7) is 6.01. The summed E-state index contributed by atoms with van der Waals surface area (Å²) in [5, 5.41) is 6.29. The molecule has 16 heavy (non-hydrogen) atoms. The van der Waals surface area contributed by atoms with Crippen LogP contribution >= 0.6 is 12.2 Å². The van der Waals surface area contributed by atoms with Gasteiger partial charge in [0.2, 0.25) is 0 Å². The molecule has 1 aromatic rings. The molecule has 1 aromatic carbocycles. The maximum atomic E-state index is 13.7. The first-order chi connectivity index (χ1) is 7.45. The van der Waals surface area contributed by atoms with Gasteiger partial charge >= 0.3 is 0 Å². The highest BCUT2D eigenvalue weighted by atomic mass is 32.1. The molecule has 0 radical (unpaired) electrons. The number of thiocarbonyl (C=S) groups is 1. The van der Waals surface area contributed by atoms with Crippen LogP contribution in [0.4, 0.5) is 15.8 Å². The number of nitrogens with one attached hydrogen (secondary N) is 2. The van der Waals surface area contributed by atoms with E-state index in [9.17, 15) is 4.39 Å². The second-order valence-electron chi connectivity index (χ2n) is 4.51. The fraction of sp³-hybridized carbons (Fsp3) is 0.417. The lowest BCUT2D eigenvalue weighted by Gasteiger charge is -2.36. The highest BCUT2D eigenvalue weighted by Crippen LogP contribution is 2.36. The monoisotopic (exact) mass is 238 g/mol. The average Bonchev–Trinajstić information content (AvgIpc) is 2.21. The number of benzene rings is 1. The van der Waals surface area contributed by atoms with E-state index in [1.165, 1.54) is 6.07 Å². The molecule has 0 aromatic heterocycles. The minimum atomic E-state index is -0.333. The Morgan fingerprint density at radius 1 is 1.31 bits per heavy atom. The predicted octanol–water partition coefficient (Wildman–Crippen LogP) is 3.33. The zero-order valence-corrected chi connectivity index (χ0v) is 10.5. The zero-order valence-electron chi connectivity index (χ0n) is 9.65. The van der Waals surface area contributed by atoms with E-state index >= 15 is 0 Å². The summed E-state index contributed by atoms with van der Waals surface area (Å²) in [6.07, 6.45) is 0.861. The molecule has 0 unspecified atom stereocenters. The van der Waals surface area contributed by atoms with Crippen LogP contribution in [0.25, 0.3) is 0 Å². The molecule has 0 saturated carbocycles. The summed E-state index contributed by atoms with van der Waals surface area (Å²) in [4.78, 5) is 0.618. The van der Waals surface area contributed by atoms with Crippen molar-refractivity contribution in [2.45, 2.75) is 32.7 Å². The van der Waals surface area contributed by atoms with E-state index in [2.05, 4.69) is 17.6 Å². The molecule has 0 fully saturated rings. The SMILES string of the molecule is CCc1ccc(F)c2c1NC(C)(C)C(=S)N2. The largest absolute Gasteiger partial charge is 0.372 e. The van der Waals surface area contributed by atoms with Crippen LogP contribution in [0.5, 0.6) is 0 Å². The highest BCUT2D eigenvalue weighted by molar-refractivity contribution is 7.80. The quantitative estimate of drug-likeness (QED) is 0.734. The highest BCUT2D eigenvalue weighted by Gasteiger charge is 2.31. The Bertz CT molecular complexity index is 455. The van der Waals surface area contributed by atoms with Crippen LogP contribution in [0.2, 0.25) is 0 Å². The predicted molar refractivity (Wildman–Crippen MR) is 69.7 cm³/mol. The van der Waals surface area contributed by atoms with Crippen LogP contribution < -0.4 is 10.6 Å². The van der Waals surface area contributed by atoms with Gasteiger partial charge in [0.1, 0.15) is 10.8 Å². The van der Waals surface area contributed by atoms with Gasteiger partial charge in [-0.2, -0.15) is 0 Å². The van der Waals surface area contributed by atoms with E-state index < -0.39 is 0 Å². The van der Waals surface area contributed by atoms with E-state index in [1.54, 1.807) is 0 Å². The third-order valence-electron chi connectivity index (χ3n) is 2.87. The first-order valence-corrected chi connectivity index (χ1v) is 5.77. The minimum absolute atomic E-state index is 0.266. The third-order valence-corrected chi connectivity index (χ3v) is 3.48. The van der Waals surface area contributed by atoms with Crippen LogP contribution in [0, 0.1) is 5.82 Å². The van der Waals surface area contributed by atoms with E-state index in [0.29, 0.717) is 10.7 Å². The Balaban J connectivity index is 2.58. The number of rotatable bonds is 1. The van der Waals surface area contributed by atoms with Crippen molar-refractivity contribution in [1.82, 2.24) is 0 Å². The molecule has 0 atom stereocenters. The molecule has 0 aliphatic carbocycles. The lowest BCUT2D eigenvalue weighted by Crippen LogP contribution is -2.47. The topological polar surface area (TPSA) is 24.1 Å². The van der Waals surface area contributed by atoms with E-state index in [0.717, 1.165) is 17.7 Å². The maximum absolute atomic E-state index is 13.7. The lowest BCUT2D eigenvalue weighted by molar-refractivity contribution is 0.628. The molecule has 0 spiro atoms. The number of anilines is 2. The van der Waals surface area contributed by atoms with Gasteiger partial charge in [0.15, 0.2) is 0 Å². The summed E-state index contributed by atoms with van der Waals surface area (Å²) < 4.78 is 13.7. The zero-order chi connectivity index (χ0) is 11.9. The van der Waals surface area contributed by atoms with Crippen molar-refractivity contribution >= 4 is 28.6 Å². The molecule has 2 nitrogen and oxygen atoms in total. The van der Waals surface area contributed by atoms with Crippen molar-refractivity contribution in [3.05, 3.63) is 23.5 Å². The fourth-order valence-corrected chi connectivity index (χ4v) is 1.97. The average molecular weight is 238 g/mol. The molecule has 2 rings (SSSR count). The fourth-order valence-electron chi connectivity index (χ4n) is 1.82. The van der Waals surface area contributed by atoms with Crippen molar-refractivity contribution in [2.75, 3.05) is 10.6 Å². The van der Waals surface area contributed by atoms with E-state index in [1.807, 2.05) is 19.9 Å². The standard InChI is InChI=1S/C12H15FN2S/c1-4-7-5-6-8(13)10-9(7)15-12(2,3)11(16)14-10/h5-6,15H,4H2,1-3H3,(H,14,16). The van der Waals surface area contributed by atoms with Gasteiger partial charge in [-0.15, -0.1) is 0 Å². The molecule has 1 aliphatic rings. The molecular formula is C12H15FN2S. The van der Waals surface area contributed by atoms with Crippen LogP contribution in [-0.4, -0.2) is 10.5 Å². The summed E-state index contributed by atoms with van der Waals surface area (Å²) in [5.41, 5.74) is 2.07. The van der Waals surface area contributed by atoms with Gasteiger partial charge in [-0.05, 0) is 31.9 Å². The first kappa shape index (κ1) is 11.3. The Labute approximate surface area is 100 Å². The maximum Gasteiger partial charge on any atom is 0.148 e. The molecule has 86 valence electrons. The Morgan fingerprint density at radius 3 is 2.62 bits per heavy atom. The second-order valence-corrected chi connectivity index (χ2v) is 4.92. The van der Waals surface area contributed by atoms with Crippen molar-refractivity contribution in [2.24, 2.45) is 0 Å². The van der Waals surface area contributed by atoms with Crippen LogP contribution in [0.15, 0.2) is 12.1 Å². The minimum Gasteiger partial charge on any atom is -0.372 e. The van der Waals surface area contributed by atoms with Gasteiger partial charge in [0.05, 0.1) is 16.9 Å². The number of fused-ring (bicyclic) bond motifs is 1. The van der Waals surface area contributed by atoms with E-state index in [4.69, 9.17) is 12.2 Å². The normalized spacial score (nSPS) is 17.4. The van der Waals surface area contributed by atoms with Crippen molar-refractivity contribution in [3.63, 3.8) is 0 Å². The van der Waals surface area contributed by atoms with Crippen LogP contribution in [0.3, 0.4) is 0 Å². The van der Waals surface area contributed by atoms with Gasteiger partial charge in [-0.1, -0.05) is 25.2 Å². The van der Waals surface area contributed by atoms with E-state index in [-0.39, 0.29) is 11.4 Å². The van der Waals surface area contributed by atoms with Crippen molar-refractivity contribution in [1.29, 1.82) is 0 Å². The molecule has 0 saturated heterocycles. The van der Waals surface area contributed by atoms with Gasteiger partial charge in [0, 0.05) is 0 Å². The molecule has 1 aliphatic heterocycles. The number of hydrogen-bond donors (Lipinski definition) is 2. The van der Waals surface area contributed by atoms with Gasteiger partial charge in [-0.25, -0.2) is 4.39 Å². The third kappa shape index (κ3) is 1.67. The molecule has 4 heteroatoms. The van der Waals surface area contributed by atoms with Gasteiger partial charge < -0.3 is 10.6 Å². The molecular weight excluding hydrogens is 223 g/mol. The van der Waals surface area contributed by atoms with Crippen molar-refractivity contribution < 1.29 is 4.39 Å². The Hall–Kier alpha value is -1.16. The number of hydrogen-bond acceptors (Lipinski definition) is 2. The molecule has 1 heterocycles. The number of halogens is 1. The Morgan fingerprint density at radius 2 is 2.00 bits per heavy atom. The Kier molecular flexibility index (Phi) is 2.62. The van der Waals surface area contributed by atoms with Crippen LogP contribution in [-0.2, 0) is 6.42 Å². The van der Waals surface area contributed by atoms with Gasteiger partial charge in [-0.3, -0.25) is 0 Å². The summed E-state index contributed by atoms with van der Waals surface area (Å²) >= 11 is 5.22. The second kappa shape index (κ2) is 3.70.